The first-order valence-electron chi connectivity index (χ1n) is 9.84. The zero-order chi connectivity index (χ0) is 22.7. The van der Waals surface area contributed by atoms with Gasteiger partial charge in [-0.3, -0.25) is 4.68 Å². The van der Waals surface area contributed by atoms with Gasteiger partial charge >= 0.3 is 5.97 Å². The van der Waals surface area contributed by atoms with Gasteiger partial charge in [-0.25, -0.2) is 4.79 Å². The Labute approximate surface area is 183 Å². The van der Waals surface area contributed by atoms with Crippen molar-refractivity contribution in [2.24, 2.45) is 0 Å². The van der Waals surface area contributed by atoms with Crippen molar-refractivity contribution in [3.63, 3.8) is 0 Å². The summed E-state index contributed by atoms with van der Waals surface area (Å²) in [7, 11) is 0. The van der Waals surface area contributed by atoms with Gasteiger partial charge in [0.25, 0.3) is 5.89 Å². The number of hydrogen-bond acceptors (Lipinski definition) is 7. The quantitative estimate of drug-likeness (QED) is 0.467. The summed E-state index contributed by atoms with van der Waals surface area (Å²) < 4.78 is 12.6. The Balaban J connectivity index is 1.51. The van der Waals surface area contributed by atoms with E-state index in [0.717, 1.165) is 11.1 Å². The Bertz CT molecular complexity index is 1300. The van der Waals surface area contributed by atoms with Gasteiger partial charge in [0.1, 0.15) is 11.8 Å². The van der Waals surface area contributed by atoms with Crippen molar-refractivity contribution >= 4 is 5.97 Å². The minimum absolute atomic E-state index is 0.00398. The highest BCUT2D eigenvalue weighted by atomic mass is 16.5. The molecule has 0 saturated carbocycles. The molecule has 2 aromatic heterocycles. The first-order chi connectivity index (χ1) is 15.4. The van der Waals surface area contributed by atoms with Crippen LogP contribution >= 0.6 is 0 Å². The number of aromatic carboxylic acids is 1. The third kappa shape index (κ3) is 4.49. The molecule has 0 fully saturated rings. The predicted octanol–water partition coefficient (Wildman–Crippen LogP) is 4.01. The molecule has 0 bridgehead atoms. The van der Waals surface area contributed by atoms with E-state index in [1.54, 1.807) is 29.1 Å². The molecule has 2 heterocycles. The highest BCUT2D eigenvalue weighted by Crippen LogP contribution is 2.28. The summed E-state index contributed by atoms with van der Waals surface area (Å²) >= 11 is 0. The third-order valence-corrected chi connectivity index (χ3v) is 4.55. The van der Waals surface area contributed by atoms with Crippen LogP contribution in [0, 0.1) is 11.3 Å². The number of nitriles is 1. The van der Waals surface area contributed by atoms with Crippen molar-refractivity contribution in [1.29, 1.82) is 5.26 Å². The van der Waals surface area contributed by atoms with Crippen molar-refractivity contribution in [3.8, 4) is 34.7 Å². The summed E-state index contributed by atoms with van der Waals surface area (Å²) in [5, 5.41) is 26.4. The lowest BCUT2D eigenvalue weighted by molar-refractivity contribution is 0.0689. The third-order valence-electron chi connectivity index (χ3n) is 4.55. The molecule has 0 aliphatic heterocycles. The average molecular weight is 429 g/mol. The van der Waals surface area contributed by atoms with Gasteiger partial charge in [-0.15, -0.1) is 0 Å². The summed E-state index contributed by atoms with van der Waals surface area (Å²) in [6.45, 7) is 4.23. The van der Waals surface area contributed by atoms with Crippen LogP contribution in [0.2, 0.25) is 0 Å². The maximum Gasteiger partial charge on any atom is 0.356 e. The lowest BCUT2D eigenvalue weighted by Gasteiger charge is -2.11. The van der Waals surface area contributed by atoms with Gasteiger partial charge < -0.3 is 14.4 Å². The van der Waals surface area contributed by atoms with Crippen LogP contribution in [0.15, 0.2) is 59.3 Å². The fourth-order valence-electron chi connectivity index (χ4n) is 3.08. The zero-order valence-corrected chi connectivity index (χ0v) is 17.4. The SMILES string of the molecule is CC(C)Oc1ccc(-c2nc(-c3ccc(Cn4ccc(C(=O)O)n4)cc3)no2)cc1C#N. The van der Waals surface area contributed by atoms with Crippen molar-refractivity contribution in [3.05, 3.63) is 71.5 Å². The Morgan fingerprint density at radius 3 is 2.59 bits per heavy atom. The van der Waals surface area contributed by atoms with Crippen LogP contribution in [0.5, 0.6) is 5.75 Å². The number of carbonyl (C=O) groups is 1. The lowest BCUT2D eigenvalue weighted by Crippen LogP contribution is -2.06. The van der Waals surface area contributed by atoms with Crippen LogP contribution in [0.3, 0.4) is 0 Å². The van der Waals surface area contributed by atoms with E-state index in [1.807, 2.05) is 38.1 Å². The molecular weight excluding hydrogens is 410 g/mol. The molecule has 9 nitrogen and oxygen atoms in total. The maximum atomic E-state index is 10.9. The summed E-state index contributed by atoms with van der Waals surface area (Å²) in [5.74, 6) is 0.166. The molecule has 0 aliphatic rings. The van der Waals surface area contributed by atoms with Gasteiger partial charge in [0, 0.05) is 17.3 Å². The van der Waals surface area contributed by atoms with Crippen LogP contribution in [0.25, 0.3) is 22.8 Å². The van der Waals surface area contributed by atoms with Gasteiger partial charge in [-0.1, -0.05) is 29.4 Å². The molecule has 160 valence electrons. The molecule has 32 heavy (non-hydrogen) atoms. The molecule has 0 amide bonds. The molecule has 4 aromatic rings. The normalized spacial score (nSPS) is 10.8. The van der Waals surface area contributed by atoms with E-state index in [0.29, 0.717) is 35.1 Å². The van der Waals surface area contributed by atoms with E-state index in [4.69, 9.17) is 14.4 Å². The van der Waals surface area contributed by atoms with E-state index in [1.165, 1.54) is 6.07 Å². The smallest absolute Gasteiger partial charge is 0.356 e. The van der Waals surface area contributed by atoms with Crippen molar-refractivity contribution in [2.45, 2.75) is 26.5 Å². The standard InChI is InChI=1S/C23H19N5O4/c1-14(2)31-20-8-7-17(11-18(20)12-24)22-25-21(27-32-22)16-5-3-15(4-6-16)13-28-10-9-19(26-28)23(29)30/h3-11,14H,13H2,1-2H3,(H,29,30). The molecule has 0 unspecified atom stereocenters. The number of rotatable bonds is 7. The minimum atomic E-state index is -1.06. The first-order valence-corrected chi connectivity index (χ1v) is 9.84. The maximum absolute atomic E-state index is 10.9. The highest BCUT2D eigenvalue weighted by Gasteiger charge is 2.14. The second-order valence-corrected chi connectivity index (χ2v) is 7.31. The fourth-order valence-corrected chi connectivity index (χ4v) is 3.08. The van der Waals surface area contributed by atoms with Gasteiger partial charge in [-0.05, 0) is 43.7 Å². The van der Waals surface area contributed by atoms with E-state index in [9.17, 15) is 10.1 Å². The molecule has 0 atom stereocenters. The van der Waals surface area contributed by atoms with Crippen LogP contribution < -0.4 is 4.74 Å². The number of carboxylic acid groups (broad SMARTS) is 1. The van der Waals surface area contributed by atoms with Crippen molar-refractivity contribution < 1.29 is 19.2 Å². The molecule has 1 N–H and O–H groups in total. The van der Waals surface area contributed by atoms with E-state index in [-0.39, 0.29) is 11.8 Å². The summed E-state index contributed by atoms with van der Waals surface area (Å²) in [5.41, 5.74) is 2.72. The molecule has 9 heteroatoms. The fraction of sp³-hybridized carbons (Fsp3) is 0.174. The van der Waals surface area contributed by atoms with Gasteiger partial charge in [0.2, 0.25) is 5.82 Å². The van der Waals surface area contributed by atoms with Crippen LogP contribution in [-0.2, 0) is 6.54 Å². The number of aromatic nitrogens is 4. The van der Waals surface area contributed by atoms with Crippen molar-refractivity contribution in [1.82, 2.24) is 19.9 Å². The summed E-state index contributed by atoms with van der Waals surface area (Å²) in [4.78, 5) is 15.4. The van der Waals surface area contributed by atoms with Gasteiger partial charge in [0.05, 0.1) is 18.2 Å². The number of benzene rings is 2. The van der Waals surface area contributed by atoms with E-state index < -0.39 is 5.97 Å². The Morgan fingerprint density at radius 1 is 1.19 bits per heavy atom. The number of hydrogen-bond donors (Lipinski definition) is 1. The topological polar surface area (TPSA) is 127 Å². The summed E-state index contributed by atoms with van der Waals surface area (Å²) in [6.07, 6.45) is 1.58. The largest absolute Gasteiger partial charge is 0.490 e. The predicted molar refractivity (Wildman–Crippen MR) is 114 cm³/mol. The molecular formula is C23H19N5O4. The Kier molecular flexibility index (Phi) is 5.68. The molecule has 0 saturated heterocycles. The monoisotopic (exact) mass is 429 g/mol. The van der Waals surface area contributed by atoms with Crippen LogP contribution in [-0.4, -0.2) is 37.1 Å². The van der Waals surface area contributed by atoms with Gasteiger partial charge in [0.15, 0.2) is 5.69 Å². The zero-order valence-electron chi connectivity index (χ0n) is 17.4. The Hall–Kier alpha value is -4.45. The van der Waals surface area contributed by atoms with Crippen molar-refractivity contribution in [2.75, 3.05) is 0 Å². The number of carboxylic acids is 1. The number of ether oxygens (including phenoxy) is 1. The molecule has 0 radical (unpaired) electrons. The minimum Gasteiger partial charge on any atom is -0.490 e. The highest BCUT2D eigenvalue weighted by molar-refractivity contribution is 5.85. The molecule has 0 aliphatic carbocycles. The van der Waals surface area contributed by atoms with E-state index in [2.05, 4.69) is 21.3 Å². The van der Waals surface area contributed by atoms with Gasteiger partial charge in [-0.2, -0.15) is 15.3 Å². The summed E-state index contributed by atoms with van der Waals surface area (Å²) in [6, 6.07) is 16.2. The van der Waals surface area contributed by atoms with E-state index >= 15 is 0 Å². The average Bonchev–Trinajstić information content (AvgIpc) is 3.44. The Morgan fingerprint density at radius 2 is 1.94 bits per heavy atom. The molecule has 0 spiro atoms. The van der Waals surface area contributed by atoms with Crippen LogP contribution in [0.1, 0.15) is 35.5 Å². The first kappa shape index (κ1) is 20.8. The number of nitrogens with zero attached hydrogens (tertiary/aromatic N) is 5. The lowest BCUT2D eigenvalue weighted by atomic mass is 10.1. The molecule has 2 aromatic carbocycles. The van der Waals surface area contributed by atoms with Crippen LogP contribution in [0.4, 0.5) is 0 Å². The second kappa shape index (κ2) is 8.73. The molecule has 4 rings (SSSR count). The second-order valence-electron chi connectivity index (χ2n) is 7.31.